The summed E-state index contributed by atoms with van der Waals surface area (Å²) in [5.41, 5.74) is 1.80. The highest BCUT2D eigenvalue weighted by Crippen LogP contribution is 2.25. The van der Waals surface area contributed by atoms with E-state index in [4.69, 9.17) is 0 Å². The van der Waals surface area contributed by atoms with E-state index in [2.05, 4.69) is 15.4 Å². The lowest BCUT2D eigenvalue weighted by Crippen LogP contribution is -2.56. The smallest absolute Gasteiger partial charge is 0.357 e. The number of hydrogen-bond donors (Lipinski definition) is 1. The van der Waals surface area contributed by atoms with Gasteiger partial charge in [-0.2, -0.15) is 18.3 Å². The lowest BCUT2D eigenvalue weighted by molar-refractivity contribution is -0.181. The van der Waals surface area contributed by atoms with Crippen molar-refractivity contribution in [1.29, 1.82) is 0 Å². The summed E-state index contributed by atoms with van der Waals surface area (Å²) in [7, 11) is 0. The van der Waals surface area contributed by atoms with Crippen LogP contribution in [0.25, 0.3) is 5.69 Å². The van der Waals surface area contributed by atoms with Gasteiger partial charge in [-0.3, -0.25) is 4.90 Å². The quantitative estimate of drug-likeness (QED) is 0.611. The van der Waals surface area contributed by atoms with Crippen molar-refractivity contribution in [2.75, 3.05) is 32.7 Å². The van der Waals surface area contributed by atoms with Crippen molar-refractivity contribution >= 4 is 5.96 Å². The van der Waals surface area contributed by atoms with E-state index in [0.29, 0.717) is 45.2 Å². The maximum atomic E-state index is 12.9. The summed E-state index contributed by atoms with van der Waals surface area (Å²) in [4.78, 5) is 8.13. The number of para-hydroxylation sites is 1. The highest BCUT2D eigenvalue weighted by molar-refractivity contribution is 5.80. The Balaban J connectivity index is 1.62. The van der Waals surface area contributed by atoms with Crippen molar-refractivity contribution in [3.05, 3.63) is 48.3 Å². The van der Waals surface area contributed by atoms with Gasteiger partial charge in [-0.05, 0) is 32.0 Å². The summed E-state index contributed by atoms with van der Waals surface area (Å²) in [5, 5.41) is 7.79. The van der Waals surface area contributed by atoms with Gasteiger partial charge in [0.25, 0.3) is 0 Å². The van der Waals surface area contributed by atoms with E-state index in [1.54, 1.807) is 4.68 Å². The SMILES string of the molecule is CCNC(=NCc1ccn(-c2ccccc2)n1)N1CCN(C(C)C(F)(F)F)CC1. The molecule has 1 aliphatic rings. The number of piperazine rings is 1. The molecule has 0 spiro atoms. The molecule has 6 nitrogen and oxygen atoms in total. The minimum absolute atomic E-state index is 0.355. The number of hydrogen-bond acceptors (Lipinski definition) is 3. The molecule has 1 N–H and O–H groups in total. The van der Waals surface area contributed by atoms with Crippen molar-refractivity contribution in [2.45, 2.75) is 32.6 Å². The summed E-state index contributed by atoms with van der Waals surface area (Å²) < 4.78 is 40.6. The van der Waals surface area contributed by atoms with Crippen molar-refractivity contribution < 1.29 is 13.2 Å². The zero-order valence-corrected chi connectivity index (χ0v) is 16.7. The molecule has 0 saturated carbocycles. The molecule has 3 rings (SSSR count). The van der Waals surface area contributed by atoms with Crippen molar-refractivity contribution in [1.82, 2.24) is 24.9 Å². The molecule has 2 aromatic rings. The lowest BCUT2D eigenvalue weighted by Gasteiger charge is -2.39. The number of benzene rings is 1. The number of aliphatic imine (C=N–C) groups is 1. The first kappa shape index (κ1) is 21.2. The molecule has 0 bridgehead atoms. The topological polar surface area (TPSA) is 48.7 Å². The molecule has 1 aliphatic heterocycles. The molecule has 0 amide bonds. The van der Waals surface area contributed by atoms with Gasteiger partial charge in [0.2, 0.25) is 0 Å². The third-order valence-electron chi connectivity index (χ3n) is 5.03. The number of nitrogens with zero attached hydrogens (tertiary/aromatic N) is 5. The molecule has 1 aromatic carbocycles. The van der Waals surface area contributed by atoms with Crippen molar-refractivity contribution in [3.63, 3.8) is 0 Å². The summed E-state index contributed by atoms with van der Waals surface area (Å²) in [5.74, 6) is 0.709. The Labute approximate surface area is 169 Å². The van der Waals surface area contributed by atoms with Crippen LogP contribution in [-0.4, -0.2) is 70.5 Å². The zero-order chi connectivity index (χ0) is 20.9. The Hall–Kier alpha value is -2.55. The first-order valence-electron chi connectivity index (χ1n) is 9.82. The average molecular weight is 408 g/mol. The minimum Gasteiger partial charge on any atom is -0.357 e. The normalized spacial score (nSPS) is 17.4. The van der Waals surface area contributed by atoms with E-state index in [-0.39, 0.29) is 0 Å². The van der Waals surface area contributed by atoms with Gasteiger partial charge in [0.1, 0.15) is 6.04 Å². The van der Waals surface area contributed by atoms with E-state index in [9.17, 15) is 13.2 Å². The van der Waals surface area contributed by atoms with E-state index in [1.165, 1.54) is 11.8 Å². The highest BCUT2D eigenvalue weighted by atomic mass is 19.4. The molecular weight excluding hydrogens is 381 g/mol. The van der Waals surface area contributed by atoms with E-state index in [1.807, 2.05) is 54.4 Å². The van der Waals surface area contributed by atoms with E-state index >= 15 is 0 Å². The third kappa shape index (κ3) is 5.50. The van der Waals surface area contributed by atoms with Crippen LogP contribution >= 0.6 is 0 Å². The predicted molar refractivity (Wildman–Crippen MR) is 107 cm³/mol. The van der Waals surface area contributed by atoms with Gasteiger partial charge in [0.05, 0.1) is 17.9 Å². The average Bonchev–Trinajstić information content (AvgIpc) is 3.20. The van der Waals surface area contributed by atoms with Gasteiger partial charge in [0.15, 0.2) is 5.96 Å². The minimum atomic E-state index is -4.20. The number of nitrogens with one attached hydrogen (secondary N) is 1. The van der Waals surface area contributed by atoms with Gasteiger partial charge < -0.3 is 10.2 Å². The molecule has 158 valence electrons. The Kier molecular flexibility index (Phi) is 6.79. The van der Waals surface area contributed by atoms with Crippen LogP contribution in [0.3, 0.4) is 0 Å². The molecular formula is C20H27F3N6. The van der Waals surface area contributed by atoms with Crippen molar-refractivity contribution in [2.24, 2.45) is 4.99 Å². The van der Waals surface area contributed by atoms with Crippen LogP contribution in [-0.2, 0) is 6.54 Å². The summed E-state index contributed by atoms with van der Waals surface area (Å²) in [6, 6.07) is 10.3. The predicted octanol–water partition coefficient (Wildman–Crippen LogP) is 2.91. The molecule has 0 radical (unpaired) electrons. The van der Waals surface area contributed by atoms with E-state index < -0.39 is 12.2 Å². The number of halogens is 3. The molecule has 1 aromatic heterocycles. The number of alkyl halides is 3. The Bertz CT molecular complexity index is 794. The zero-order valence-electron chi connectivity index (χ0n) is 16.7. The summed E-state index contributed by atoms with van der Waals surface area (Å²) >= 11 is 0. The molecule has 2 heterocycles. The fourth-order valence-electron chi connectivity index (χ4n) is 3.28. The number of rotatable bonds is 5. The fraction of sp³-hybridized carbons (Fsp3) is 0.500. The van der Waals surface area contributed by atoms with Crippen LogP contribution in [0.15, 0.2) is 47.6 Å². The molecule has 1 atom stereocenters. The van der Waals surface area contributed by atoms with Gasteiger partial charge in [-0.1, -0.05) is 18.2 Å². The van der Waals surface area contributed by atoms with Crippen LogP contribution in [0.4, 0.5) is 13.2 Å². The van der Waals surface area contributed by atoms with Gasteiger partial charge >= 0.3 is 6.18 Å². The number of aromatic nitrogens is 2. The first-order chi connectivity index (χ1) is 13.9. The number of guanidine groups is 1. The molecule has 9 heteroatoms. The molecule has 1 fully saturated rings. The standard InChI is InChI=1S/C20H27F3N6/c1-3-24-19(28-13-11-27(12-14-28)16(2)20(21,22)23)25-15-17-9-10-29(26-17)18-7-5-4-6-8-18/h4-10,16H,3,11-15H2,1-2H3,(H,24,25). The highest BCUT2D eigenvalue weighted by Gasteiger charge is 2.41. The second-order valence-corrected chi connectivity index (χ2v) is 7.00. The maximum Gasteiger partial charge on any atom is 0.403 e. The first-order valence-corrected chi connectivity index (χ1v) is 9.82. The Morgan fingerprint density at radius 1 is 1.14 bits per heavy atom. The molecule has 1 unspecified atom stereocenters. The second-order valence-electron chi connectivity index (χ2n) is 7.00. The van der Waals surface area contributed by atoms with Gasteiger partial charge in [-0.15, -0.1) is 0 Å². The lowest BCUT2D eigenvalue weighted by atomic mass is 10.2. The molecule has 0 aliphatic carbocycles. The van der Waals surface area contributed by atoms with Crippen LogP contribution in [0.5, 0.6) is 0 Å². The fourth-order valence-corrected chi connectivity index (χ4v) is 3.28. The van der Waals surface area contributed by atoms with Gasteiger partial charge in [-0.25, -0.2) is 9.67 Å². The Morgan fingerprint density at radius 3 is 2.45 bits per heavy atom. The largest absolute Gasteiger partial charge is 0.403 e. The molecule has 1 saturated heterocycles. The van der Waals surface area contributed by atoms with E-state index in [0.717, 1.165) is 11.4 Å². The van der Waals surface area contributed by atoms with Crippen LogP contribution in [0.1, 0.15) is 19.5 Å². The van der Waals surface area contributed by atoms with Crippen LogP contribution in [0, 0.1) is 0 Å². The maximum absolute atomic E-state index is 12.9. The Morgan fingerprint density at radius 2 is 1.83 bits per heavy atom. The van der Waals surface area contributed by atoms with Crippen LogP contribution in [0.2, 0.25) is 0 Å². The monoisotopic (exact) mass is 408 g/mol. The third-order valence-corrected chi connectivity index (χ3v) is 5.03. The van der Waals surface area contributed by atoms with Gasteiger partial charge in [0, 0.05) is 38.9 Å². The second kappa shape index (κ2) is 9.30. The summed E-state index contributed by atoms with van der Waals surface area (Å²) in [6.07, 6.45) is -2.30. The molecule has 29 heavy (non-hydrogen) atoms. The van der Waals surface area contributed by atoms with Crippen LogP contribution < -0.4 is 5.32 Å². The summed E-state index contributed by atoms with van der Waals surface area (Å²) in [6.45, 7) is 6.01. The van der Waals surface area contributed by atoms with Crippen molar-refractivity contribution in [3.8, 4) is 5.69 Å².